The minimum absolute atomic E-state index is 0.327. The lowest BCUT2D eigenvalue weighted by molar-refractivity contribution is -0.685. The summed E-state index contributed by atoms with van der Waals surface area (Å²) in [6.07, 6.45) is 4.31. The first-order chi connectivity index (χ1) is 13.1. The zero-order valence-corrected chi connectivity index (χ0v) is 15.0. The maximum Gasteiger partial charge on any atom is 0.396 e. The highest BCUT2D eigenvalue weighted by atomic mass is 19.1. The van der Waals surface area contributed by atoms with Crippen LogP contribution in [0.2, 0.25) is 0 Å². The standard InChI is InChI=1S/C21H21FN3O2/c1-27-19-5-2-4-16(14-19)10-13-25-20-23-11-3-12-24(20)15-21(25,26)17-6-8-18(22)9-7-17/h2-9,11-12,14,26H,10,13,15H2,1H3/q+1. The third kappa shape index (κ3) is 3.24. The minimum atomic E-state index is -1.28. The summed E-state index contributed by atoms with van der Waals surface area (Å²) in [6.45, 7) is 0.887. The van der Waals surface area contributed by atoms with Gasteiger partial charge in [0.25, 0.3) is 0 Å². The summed E-state index contributed by atoms with van der Waals surface area (Å²) >= 11 is 0. The second-order valence-corrected chi connectivity index (χ2v) is 6.62. The maximum atomic E-state index is 13.4. The zero-order chi connectivity index (χ0) is 18.9. The van der Waals surface area contributed by atoms with Crippen LogP contribution in [0, 0.1) is 5.82 Å². The molecular formula is C21H21FN3O2+. The molecule has 1 atom stereocenters. The van der Waals surface area contributed by atoms with E-state index in [0.717, 1.165) is 11.3 Å². The van der Waals surface area contributed by atoms with Crippen LogP contribution >= 0.6 is 0 Å². The zero-order valence-electron chi connectivity index (χ0n) is 15.0. The van der Waals surface area contributed by atoms with E-state index in [1.807, 2.05) is 46.0 Å². The van der Waals surface area contributed by atoms with Crippen LogP contribution < -0.4 is 14.2 Å². The van der Waals surface area contributed by atoms with E-state index in [1.165, 1.54) is 12.1 Å². The highest BCUT2D eigenvalue weighted by molar-refractivity contribution is 5.39. The number of ether oxygens (including phenoxy) is 1. The molecule has 0 saturated carbocycles. The fourth-order valence-electron chi connectivity index (χ4n) is 3.55. The third-order valence-corrected chi connectivity index (χ3v) is 4.94. The van der Waals surface area contributed by atoms with E-state index in [1.54, 1.807) is 25.4 Å². The molecule has 138 valence electrons. The maximum absolute atomic E-state index is 13.4. The Kier molecular flexibility index (Phi) is 4.49. The van der Waals surface area contributed by atoms with Crippen LogP contribution in [0.25, 0.3) is 0 Å². The molecule has 2 aromatic carbocycles. The molecule has 0 fully saturated rings. The fourth-order valence-corrected chi connectivity index (χ4v) is 3.55. The van der Waals surface area contributed by atoms with Crippen LogP contribution in [0.4, 0.5) is 10.3 Å². The first-order valence-corrected chi connectivity index (χ1v) is 8.83. The first-order valence-electron chi connectivity index (χ1n) is 8.83. The van der Waals surface area contributed by atoms with Crippen molar-refractivity contribution < 1.29 is 18.8 Å². The molecule has 5 nitrogen and oxygen atoms in total. The van der Waals surface area contributed by atoms with Crippen molar-refractivity contribution in [2.75, 3.05) is 18.6 Å². The van der Waals surface area contributed by atoms with Gasteiger partial charge in [0.15, 0.2) is 0 Å². The lowest BCUT2D eigenvalue weighted by Crippen LogP contribution is -2.46. The predicted molar refractivity (Wildman–Crippen MR) is 98.8 cm³/mol. The van der Waals surface area contributed by atoms with Crippen molar-refractivity contribution in [3.8, 4) is 5.75 Å². The van der Waals surface area contributed by atoms with Gasteiger partial charge in [-0.1, -0.05) is 17.1 Å². The third-order valence-electron chi connectivity index (χ3n) is 4.94. The first kappa shape index (κ1) is 17.4. The van der Waals surface area contributed by atoms with E-state index in [-0.39, 0.29) is 5.82 Å². The van der Waals surface area contributed by atoms with Crippen LogP contribution in [0.3, 0.4) is 0 Å². The Morgan fingerprint density at radius 3 is 2.81 bits per heavy atom. The van der Waals surface area contributed by atoms with E-state index >= 15 is 0 Å². The number of halogens is 1. The van der Waals surface area contributed by atoms with Gasteiger partial charge in [0.1, 0.15) is 24.3 Å². The van der Waals surface area contributed by atoms with Crippen LogP contribution in [-0.2, 0) is 18.7 Å². The van der Waals surface area contributed by atoms with E-state index in [9.17, 15) is 9.50 Å². The van der Waals surface area contributed by atoms with Gasteiger partial charge in [0, 0.05) is 18.1 Å². The van der Waals surface area contributed by atoms with E-state index in [2.05, 4.69) is 4.98 Å². The van der Waals surface area contributed by atoms with Gasteiger partial charge in [-0.15, -0.1) is 0 Å². The van der Waals surface area contributed by atoms with Gasteiger partial charge in [0.05, 0.1) is 19.9 Å². The number of rotatable bonds is 5. The van der Waals surface area contributed by atoms with Crippen molar-refractivity contribution in [2.45, 2.75) is 18.7 Å². The number of aliphatic hydroxyl groups is 1. The van der Waals surface area contributed by atoms with Gasteiger partial charge in [-0.3, -0.25) is 0 Å². The number of anilines is 1. The summed E-state index contributed by atoms with van der Waals surface area (Å²) in [5.74, 6) is 1.16. The Morgan fingerprint density at radius 2 is 2.04 bits per heavy atom. The molecule has 27 heavy (non-hydrogen) atoms. The highest BCUT2D eigenvalue weighted by Crippen LogP contribution is 2.34. The molecule has 1 aliphatic heterocycles. The molecule has 0 aliphatic carbocycles. The van der Waals surface area contributed by atoms with Crippen molar-refractivity contribution in [3.05, 3.63) is 83.9 Å². The quantitative estimate of drug-likeness (QED) is 0.705. The van der Waals surface area contributed by atoms with E-state index in [0.29, 0.717) is 31.0 Å². The average molecular weight is 366 g/mol. The molecule has 0 bridgehead atoms. The average Bonchev–Trinajstić information content (AvgIpc) is 2.99. The molecule has 3 aromatic rings. The summed E-state index contributed by atoms with van der Waals surface area (Å²) < 4.78 is 20.6. The molecule has 1 aliphatic rings. The van der Waals surface area contributed by atoms with Gasteiger partial charge in [-0.05, 0) is 42.0 Å². The predicted octanol–water partition coefficient (Wildman–Crippen LogP) is 2.42. The van der Waals surface area contributed by atoms with Gasteiger partial charge in [-0.2, -0.15) is 0 Å². The molecule has 1 N–H and O–H groups in total. The molecule has 0 spiro atoms. The number of benzene rings is 2. The Morgan fingerprint density at radius 1 is 1.22 bits per heavy atom. The molecule has 4 rings (SSSR count). The fraction of sp³-hybridized carbons (Fsp3) is 0.238. The van der Waals surface area contributed by atoms with Crippen molar-refractivity contribution in [1.29, 1.82) is 0 Å². The molecule has 1 unspecified atom stereocenters. The van der Waals surface area contributed by atoms with Gasteiger partial charge in [-0.25, -0.2) is 13.9 Å². The number of fused-ring (bicyclic) bond motifs is 1. The van der Waals surface area contributed by atoms with Gasteiger partial charge >= 0.3 is 5.95 Å². The van der Waals surface area contributed by atoms with Gasteiger partial charge < -0.3 is 9.84 Å². The van der Waals surface area contributed by atoms with Crippen LogP contribution in [0.15, 0.2) is 67.0 Å². The highest BCUT2D eigenvalue weighted by Gasteiger charge is 2.51. The number of methoxy groups -OCH3 is 1. The Hall–Kier alpha value is -2.99. The van der Waals surface area contributed by atoms with Crippen molar-refractivity contribution in [2.24, 2.45) is 0 Å². The largest absolute Gasteiger partial charge is 0.497 e. The topological polar surface area (TPSA) is 49.5 Å². The normalized spacial score (nSPS) is 18.4. The summed E-state index contributed by atoms with van der Waals surface area (Å²) in [5, 5.41) is 11.5. The molecule has 1 aromatic heterocycles. The van der Waals surface area contributed by atoms with Crippen molar-refractivity contribution >= 4 is 5.95 Å². The minimum Gasteiger partial charge on any atom is -0.497 e. The van der Waals surface area contributed by atoms with Crippen LogP contribution in [0.5, 0.6) is 5.75 Å². The second-order valence-electron chi connectivity index (χ2n) is 6.62. The lowest BCUT2D eigenvalue weighted by Gasteiger charge is -2.28. The number of aromatic nitrogens is 2. The second kappa shape index (κ2) is 6.96. The monoisotopic (exact) mass is 366 g/mol. The molecular weight excluding hydrogens is 345 g/mol. The molecule has 0 amide bonds. The molecule has 0 radical (unpaired) electrons. The summed E-state index contributed by atoms with van der Waals surface area (Å²) in [5.41, 5.74) is 0.457. The molecule has 0 saturated heterocycles. The van der Waals surface area contributed by atoms with Crippen LogP contribution in [0.1, 0.15) is 11.1 Å². The SMILES string of the molecule is COc1cccc(CCN2c3nccc[n+]3CC2(O)c2ccc(F)cc2)c1. The van der Waals surface area contributed by atoms with Crippen molar-refractivity contribution in [3.63, 3.8) is 0 Å². The Balaban J connectivity index is 1.66. The number of hydrogen-bond donors (Lipinski definition) is 1. The Bertz CT molecular complexity index is 948. The van der Waals surface area contributed by atoms with E-state index < -0.39 is 5.72 Å². The number of nitrogens with zero attached hydrogens (tertiary/aromatic N) is 3. The summed E-state index contributed by atoms with van der Waals surface area (Å²) in [6, 6.07) is 15.7. The summed E-state index contributed by atoms with van der Waals surface area (Å²) in [7, 11) is 1.64. The van der Waals surface area contributed by atoms with Crippen molar-refractivity contribution in [1.82, 2.24) is 4.98 Å². The smallest absolute Gasteiger partial charge is 0.396 e. The van der Waals surface area contributed by atoms with Crippen LogP contribution in [-0.4, -0.2) is 23.7 Å². The molecule has 2 heterocycles. The van der Waals surface area contributed by atoms with E-state index in [4.69, 9.17) is 4.74 Å². The summed E-state index contributed by atoms with van der Waals surface area (Å²) in [4.78, 5) is 6.33. The van der Waals surface area contributed by atoms with Gasteiger partial charge in [0.2, 0.25) is 5.72 Å². The lowest BCUT2D eigenvalue weighted by atomic mass is 10.0. The Labute approximate surface area is 157 Å². The molecule has 6 heteroatoms. The number of hydrogen-bond acceptors (Lipinski definition) is 4.